The van der Waals surface area contributed by atoms with E-state index in [1.807, 2.05) is 45.0 Å². The average molecular weight is 516 g/mol. The van der Waals surface area contributed by atoms with Gasteiger partial charge in [-0.25, -0.2) is 0 Å². The van der Waals surface area contributed by atoms with E-state index in [0.717, 1.165) is 17.5 Å². The van der Waals surface area contributed by atoms with Crippen LogP contribution in [-0.4, -0.2) is 34.6 Å². The third-order valence-electron chi connectivity index (χ3n) is 5.15. The number of amides is 2. The fourth-order valence-electron chi connectivity index (χ4n) is 3.11. The van der Waals surface area contributed by atoms with E-state index >= 15 is 0 Å². The molecule has 0 aliphatic rings. The Hall–Kier alpha value is -1.40. The van der Waals surface area contributed by atoms with Crippen molar-refractivity contribution < 1.29 is 9.59 Å². The largest absolute Gasteiger partial charge is 0.352 e. The van der Waals surface area contributed by atoms with Gasteiger partial charge in [-0.2, -0.15) is 0 Å². The van der Waals surface area contributed by atoms with Crippen LogP contribution in [0.2, 0.25) is 15.1 Å². The molecule has 0 saturated carbocycles. The first-order chi connectivity index (χ1) is 15.2. The smallest absolute Gasteiger partial charge is 0.243 e. The highest BCUT2D eigenvalue weighted by atomic mass is 35.5. The molecular weight excluding hydrogens is 487 g/mol. The first-order valence-corrected chi connectivity index (χ1v) is 12.9. The van der Waals surface area contributed by atoms with Gasteiger partial charge >= 0.3 is 0 Å². The summed E-state index contributed by atoms with van der Waals surface area (Å²) in [4.78, 5) is 27.9. The van der Waals surface area contributed by atoms with Crippen molar-refractivity contribution >= 4 is 58.4 Å². The molecule has 0 unspecified atom stereocenters. The summed E-state index contributed by atoms with van der Waals surface area (Å²) < 4.78 is 0. The molecule has 0 spiro atoms. The standard InChI is InChI=1S/C24H29Cl3N2O2S/c1-4-16(3)28-24(31)22(5-2)29(13-18-8-11-20(26)12-21(18)27)23(30)15-32-14-17-6-9-19(25)10-7-17/h6-12,16,22H,4-5,13-15H2,1-3H3,(H,28,31)/t16-,22-/m0/s1. The maximum absolute atomic E-state index is 13.3. The van der Waals surface area contributed by atoms with Crippen LogP contribution in [0.25, 0.3) is 0 Å². The second-order valence-corrected chi connectivity index (χ2v) is 9.88. The van der Waals surface area contributed by atoms with Crippen LogP contribution in [0.15, 0.2) is 42.5 Å². The van der Waals surface area contributed by atoms with E-state index in [0.29, 0.717) is 27.2 Å². The lowest BCUT2D eigenvalue weighted by Crippen LogP contribution is -2.51. The Morgan fingerprint density at radius 1 is 1.00 bits per heavy atom. The molecule has 0 heterocycles. The SMILES string of the molecule is CC[C@H](C)NC(=O)[C@H](CC)N(Cc1ccc(Cl)cc1Cl)C(=O)CSCc1ccc(Cl)cc1. The number of thioether (sulfide) groups is 1. The third-order valence-corrected chi connectivity index (χ3v) is 6.98. The Labute approximate surface area is 210 Å². The fourth-order valence-corrected chi connectivity index (χ4v) is 4.58. The molecule has 0 radical (unpaired) electrons. The quantitative estimate of drug-likeness (QED) is 0.367. The number of carbonyl (C=O) groups is 2. The van der Waals surface area contributed by atoms with Gasteiger partial charge in [0.1, 0.15) is 6.04 Å². The van der Waals surface area contributed by atoms with E-state index in [4.69, 9.17) is 34.8 Å². The topological polar surface area (TPSA) is 49.4 Å². The van der Waals surface area contributed by atoms with Gasteiger partial charge in [0.25, 0.3) is 0 Å². The van der Waals surface area contributed by atoms with Crippen LogP contribution in [0.5, 0.6) is 0 Å². The minimum absolute atomic E-state index is 0.0342. The molecule has 1 N–H and O–H groups in total. The molecule has 2 aromatic rings. The van der Waals surface area contributed by atoms with Crippen molar-refractivity contribution in [2.45, 2.75) is 58.0 Å². The molecular formula is C24H29Cl3N2O2S. The summed E-state index contributed by atoms with van der Waals surface area (Å²) in [5.41, 5.74) is 1.84. The summed E-state index contributed by atoms with van der Waals surface area (Å²) in [6, 6.07) is 12.2. The number of hydrogen-bond donors (Lipinski definition) is 1. The summed E-state index contributed by atoms with van der Waals surface area (Å²) >= 11 is 19.8. The molecule has 0 aliphatic heterocycles. The lowest BCUT2D eigenvalue weighted by Gasteiger charge is -2.31. The molecule has 4 nitrogen and oxygen atoms in total. The molecule has 0 aliphatic carbocycles. The minimum Gasteiger partial charge on any atom is -0.352 e. The van der Waals surface area contributed by atoms with E-state index in [-0.39, 0.29) is 30.2 Å². The van der Waals surface area contributed by atoms with Crippen molar-refractivity contribution in [3.05, 3.63) is 68.7 Å². The zero-order valence-corrected chi connectivity index (χ0v) is 21.6. The van der Waals surface area contributed by atoms with Crippen LogP contribution in [-0.2, 0) is 21.9 Å². The Balaban J connectivity index is 2.17. The number of halogens is 3. The summed E-state index contributed by atoms with van der Waals surface area (Å²) in [6.45, 7) is 6.11. The van der Waals surface area contributed by atoms with Gasteiger partial charge in [-0.15, -0.1) is 11.8 Å². The molecule has 2 aromatic carbocycles. The van der Waals surface area contributed by atoms with Crippen LogP contribution < -0.4 is 5.32 Å². The molecule has 2 amide bonds. The predicted molar refractivity (Wildman–Crippen MR) is 137 cm³/mol. The highest BCUT2D eigenvalue weighted by Gasteiger charge is 2.29. The van der Waals surface area contributed by atoms with Crippen LogP contribution in [0.1, 0.15) is 44.7 Å². The lowest BCUT2D eigenvalue weighted by molar-refractivity contribution is -0.139. The highest BCUT2D eigenvalue weighted by Crippen LogP contribution is 2.25. The van der Waals surface area contributed by atoms with Crippen molar-refractivity contribution in [3.8, 4) is 0 Å². The Morgan fingerprint density at radius 2 is 1.66 bits per heavy atom. The normalized spacial score (nSPS) is 12.8. The van der Waals surface area contributed by atoms with Gasteiger partial charge in [-0.05, 0) is 55.2 Å². The number of hydrogen-bond acceptors (Lipinski definition) is 3. The van der Waals surface area contributed by atoms with Crippen LogP contribution in [0, 0.1) is 0 Å². The molecule has 0 bridgehead atoms. The Kier molecular flexibility index (Phi) is 11.2. The van der Waals surface area contributed by atoms with E-state index < -0.39 is 6.04 Å². The number of nitrogens with zero attached hydrogens (tertiary/aromatic N) is 1. The summed E-state index contributed by atoms with van der Waals surface area (Å²) in [7, 11) is 0. The first kappa shape index (κ1) is 26.8. The lowest BCUT2D eigenvalue weighted by atomic mass is 10.1. The molecule has 32 heavy (non-hydrogen) atoms. The van der Waals surface area contributed by atoms with Crippen molar-refractivity contribution in [2.24, 2.45) is 0 Å². The Bertz CT molecular complexity index is 909. The maximum atomic E-state index is 13.3. The van der Waals surface area contributed by atoms with Crippen molar-refractivity contribution in [1.29, 1.82) is 0 Å². The van der Waals surface area contributed by atoms with E-state index in [9.17, 15) is 9.59 Å². The zero-order valence-electron chi connectivity index (χ0n) is 18.5. The van der Waals surface area contributed by atoms with Gasteiger partial charge in [0.15, 0.2) is 0 Å². The molecule has 8 heteroatoms. The first-order valence-electron chi connectivity index (χ1n) is 10.6. The number of carbonyl (C=O) groups excluding carboxylic acids is 2. The van der Waals surface area contributed by atoms with Gasteiger partial charge < -0.3 is 10.2 Å². The monoisotopic (exact) mass is 514 g/mol. The van der Waals surface area contributed by atoms with Crippen LogP contribution in [0.3, 0.4) is 0 Å². The number of benzene rings is 2. The van der Waals surface area contributed by atoms with Gasteiger partial charge in [0.05, 0.1) is 5.75 Å². The van der Waals surface area contributed by atoms with E-state index in [1.54, 1.807) is 23.1 Å². The van der Waals surface area contributed by atoms with Crippen molar-refractivity contribution in [2.75, 3.05) is 5.75 Å². The fraction of sp³-hybridized carbons (Fsp3) is 0.417. The predicted octanol–water partition coefficient (Wildman–Crippen LogP) is 6.60. The second kappa shape index (κ2) is 13.3. The summed E-state index contributed by atoms with van der Waals surface area (Å²) in [6.07, 6.45) is 1.32. The summed E-state index contributed by atoms with van der Waals surface area (Å²) in [5, 5.41) is 4.68. The van der Waals surface area contributed by atoms with Crippen molar-refractivity contribution in [3.63, 3.8) is 0 Å². The van der Waals surface area contributed by atoms with Gasteiger partial charge in [0.2, 0.25) is 11.8 Å². The molecule has 0 aromatic heterocycles. The van der Waals surface area contributed by atoms with Gasteiger partial charge in [-0.1, -0.05) is 66.8 Å². The van der Waals surface area contributed by atoms with E-state index in [2.05, 4.69) is 5.32 Å². The van der Waals surface area contributed by atoms with Crippen LogP contribution >= 0.6 is 46.6 Å². The maximum Gasteiger partial charge on any atom is 0.243 e. The molecule has 0 saturated heterocycles. The third kappa shape index (κ3) is 8.18. The molecule has 2 rings (SSSR count). The average Bonchev–Trinajstić information content (AvgIpc) is 2.76. The zero-order chi connectivity index (χ0) is 23.7. The number of rotatable bonds is 11. The summed E-state index contributed by atoms with van der Waals surface area (Å²) in [5.74, 6) is 0.666. The molecule has 174 valence electrons. The van der Waals surface area contributed by atoms with Crippen molar-refractivity contribution in [1.82, 2.24) is 10.2 Å². The number of nitrogens with one attached hydrogen (secondary N) is 1. The van der Waals surface area contributed by atoms with Crippen LogP contribution in [0.4, 0.5) is 0 Å². The highest BCUT2D eigenvalue weighted by molar-refractivity contribution is 7.99. The molecule has 0 fully saturated rings. The Morgan fingerprint density at radius 3 is 2.25 bits per heavy atom. The van der Waals surface area contributed by atoms with E-state index in [1.165, 1.54) is 11.8 Å². The van der Waals surface area contributed by atoms with Gasteiger partial charge in [-0.3, -0.25) is 9.59 Å². The second-order valence-electron chi connectivity index (χ2n) is 7.62. The van der Waals surface area contributed by atoms with Gasteiger partial charge in [0, 0.05) is 33.4 Å². The minimum atomic E-state index is -0.584. The molecule has 2 atom stereocenters.